The molecule has 2 aromatic rings. The van der Waals surface area contributed by atoms with Crippen molar-refractivity contribution < 1.29 is 17.9 Å². The van der Waals surface area contributed by atoms with Gasteiger partial charge in [0, 0.05) is 0 Å². The second-order valence-electron chi connectivity index (χ2n) is 7.71. The number of carbonyl (C=O) groups is 1. The summed E-state index contributed by atoms with van der Waals surface area (Å²) in [5, 5.41) is 0. The maximum Gasteiger partial charge on any atom is 0.424 e. The van der Waals surface area contributed by atoms with Crippen LogP contribution in [0.25, 0.3) is 0 Å². The third kappa shape index (κ3) is 5.10. The largest absolute Gasteiger partial charge is 0.443 e. The van der Waals surface area contributed by atoms with Gasteiger partial charge in [0.1, 0.15) is 5.60 Å². The first kappa shape index (κ1) is 21.0. The minimum Gasteiger partial charge on any atom is -0.443 e. The third-order valence-corrected chi connectivity index (χ3v) is 5.94. The van der Waals surface area contributed by atoms with Crippen molar-refractivity contribution in [1.29, 1.82) is 0 Å². The van der Waals surface area contributed by atoms with Crippen molar-refractivity contribution in [1.82, 2.24) is 4.31 Å². The van der Waals surface area contributed by atoms with E-state index >= 15 is 0 Å². The highest BCUT2D eigenvalue weighted by Gasteiger charge is 2.35. The molecule has 2 rings (SSSR count). The summed E-state index contributed by atoms with van der Waals surface area (Å²) in [6.45, 7) is 10.4. The summed E-state index contributed by atoms with van der Waals surface area (Å²) in [5.41, 5.74) is 2.08. The van der Waals surface area contributed by atoms with E-state index in [1.54, 1.807) is 71.0 Å². The molecule has 0 spiro atoms. The topological polar surface area (TPSA) is 63.7 Å². The number of carbonyl (C=O) groups excluding carboxylic acids is 1. The molecule has 0 aliphatic carbocycles. The van der Waals surface area contributed by atoms with E-state index in [1.807, 2.05) is 13.0 Å². The van der Waals surface area contributed by atoms with E-state index in [4.69, 9.17) is 4.74 Å². The van der Waals surface area contributed by atoms with Crippen LogP contribution in [0.5, 0.6) is 0 Å². The predicted octanol–water partition coefficient (Wildman–Crippen LogP) is 4.74. The fourth-order valence-corrected chi connectivity index (χ4v) is 4.70. The fourth-order valence-electron chi connectivity index (χ4n) is 2.99. The Balaban J connectivity index is 2.56. The van der Waals surface area contributed by atoms with Gasteiger partial charge in [0.05, 0.1) is 11.4 Å². The minimum absolute atomic E-state index is 0.0924. The molecule has 0 radical (unpaired) electrons. The monoisotopic (exact) mass is 389 g/mol. The molecule has 0 unspecified atom stereocenters. The van der Waals surface area contributed by atoms with Crippen LogP contribution in [-0.2, 0) is 21.3 Å². The van der Waals surface area contributed by atoms with Crippen LogP contribution in [0.2, 0.25) is 0 Å². The lowest BCUT2D eigenvalue weighted by atomic mass is 10.1. The summed E-state index contributed by atoms with van der Waals surface area (Å²) in [6, 6.07) is 12.6. The van der Waals surface area contributed by atoms with Gasteiger partial charge in [0.15, 0.2) is 0 Å². The number of amides is 1. The Morgan fingerprint density at radius 1 is 1.00 bits per heavy atom. The molecule has 0 aromatic heterocycles. The number of nitrogens with zero attached hydrogens (tertiary/aromatic N) is 1. The molecule has 0 aliphatic heterocycles. The average Bonchev–Trinajstić information content (AvgIpc) is 2.50. The summed E-state index contributed by atoms with van der Waals surface area (Å²) in [7, 11) is -4.09. The molecular weight excluding hydrogens is 362 g/mol. The predicted molar refractivity (Wildman–Crippen MR) is 106 cm³/mol. The van der Waals surface area contributed by atoms with Crippen LogP contribution < -0.4 is 0 Å². The van der Waals surface area contributed by atoms with E-state index in [9.17, 15) is 13.2 Å². The van der Waals surface area contributed by atoms with Crippen molar-refractivity contribution in [3.05, 3.63) is 64.7 Å². The van der Waals surface area contributed by atoms with Gasteiger partial charge in [-0.3, -0.25) is 0 Å². The quantitative estimate of drug-likeness (QED) is 0.758. The second-order valence-corrected chi connectivity index (χ2v) is 9.50. The molecular formula is C21H27NO4S. The van der Waals surface area contributed by atoms with Gasteiger partial charge in [0.25, 0.3) is 10.0 Å². The molecule has 0 heterocycles. The maximum atomic E-state index is 13.4. The van der Waals surface area contributed by atoms with Gasteiger partial charge in [-0.1, -0.05) is 48.0 Å². The van der Waals surface area contributed by atoms with Crippen LogP contribution in [0.4, 0.5) is 4.79 Å². The van der Waals surface area contributed by atoms with Crippen LogP contribution in [0.15, 0.2) is 47.4 Å². The highest BCUT2D eigenvalue weighted by atomic mass is 32.2. The van der Waals surface area contributed by atoms with E-state index in [0.29, 0.717) is 16.7 Å². The molecule has 27 heavy (non-hydrogen) atoms. The van der Waals surface area contributed by atoms with Crippen molar-refractivity contribution >= 4 is 16.1 Å². The molecule has 0 atom stereocenters. The first-order valence-corrected chi connectivity index (χ1v) is 10.2. The van der Waals surface area contributed by atoms with Crippen LogP contribution in [0.3, 0.4) is 0 Å². The van der Waals surface area contributed by atoms with Crippen LogP contribution >= 0.6 is 0 Å². The molecule has 6 heteroatoms. The van der Waals surface area contributed by atoms with E-state index in [2.05, 4.69) is 0 Å². The standard InChI is InChI=1S/C21H27NO4S/c1-15-12-16(2)19(17(3)13-15)27(24,25)22(20(23)26-21(4,5)6)14-18-10-8-7-9-11-18/h7-13H,14H2,1-6H3. The number of rotatable bonds is 4. The molecule has 5 nitrogen and oxygen atoms in total. The lowest BCUT2D eigenvalue weighted by Crippen LogP contribution is -2.40. The fraction of sp³-hybridized carbons (Fsp3) is 0.381. The van der Waals surface area contributed by atoms with Gasteiger partial charge in [-0.05, 0) is 58.2 Å². The Hall–Kier alpha value is -2.34. The Morgan fingerprint density at radius 2 is 1.52 bits per heavy atom. The highest BCUT2D eigenvalue weighted by Crippen LogP contribution is 2.28. The molecule has 0 saturated carbocycles. The van der Waals surface area contributed by atoms with Crippen molar-refractivity contribution in [3.63, 3.8) is 0 Å². The molecule has 2 aromatic carbocycles. The lowest BCUT2D eigenvalue weighted by molar-refractivity contribution is 0.0381. The molecule has 146 valence electrons. The average molecular weight is 390 g/mol. The molecule has 0 bridgehead atoms. The highest BCUT2D eigenvalue weighted by molar-refractivity contribution is 7.89. The Labute approximate surface area is 162 Å². The maximum absolute atomic E-state index is 13.4. The van der Waals surface area contributed by atoms with Gasteiger partial charge in [-0.25, -0.2) is 13.2 Å². The van der Waals surface area contributed by atoms with Crippen molar-refractivity contribution in [3.8, 4) is 0 Å². The zero-order valence-corrected chi connectivity index (χ0v) is 17.6. The number of hydrogen-bond donors (Lipinski definition) is 0. The molecule has 0 N–H and O–H groups in total. The van der Waals surface area contributed by atoms with Gasteiger partial charge in [-0.2, -0.15) is 4.31 Å². The lowest BCUT2D eigenvalue weighted by Gasteiger charge is -2.28. The smallest absolute Gasteiger partial charge is 0.424 e. The van der Waals surface area contributed by atoms with Crippen LogP contribution in [0, 0.1) is 20.8 Å². The third-order valence-electron chi connectivity index (χ3n) is 3.92. The molecule has 0 fully saturated rings. The number of ether oxygens (including phenoxy) is 1. The number of benzene rings is 2. The summed E-state index contributed by atoms with van der Waals surface area (Å²) in [6.07, 6.45) is -0.884. The van der Waals surface area contributed by atoms with Crippen molar-refractivity contribution in [2.24, 2.45) is 0 Å². The van der Waals surface area contributed by atoms with Crippen molar-refractivity contribution in [2.75, 3.05) is 0 Å². The summed E-state index contributed by atoms with van der Waals surface area (Å²) < 4.78 is 33.1. The summed E-state index contributed by atoms with van der Waals surface area (Å²) in [4.78, 5) is 12.9. The molecule has 1 amide bonds. The Bertz CT molecular complexity index is 905. The van der Waals surface area contributed by atoms with Gasteiger partial charge in [-0.15, -0.1) is 0 Å². The van der Waals surface area contributed by atoms with E-state index in [0.717, 1.165) is 9.87 Å². The zero-order valence-electron chi connectivity index (χ0n) is 16.7. The Morgan fingerprint density at radius 3 is 2.00 bits per heavy atom. The first-order valence-electron chi connectivity index (χ1n) is 8.79. The van der Waals surface area contributed by atoms with Crippen LogP contribution in [-0.4, -0.2) is 24.4 Å². The van der Waals surface area contributed by atoms with E-state index in [-0.39, 0.29) is 11.4 Å². The van der Waals surface area contributed by atoms with Gasteiger partial charge < -0.3 is 4.74 Å². The zero-order chi connectivity index (χ0) is 20.4. The first-order chi connectivity index (χ1) is 12.4. The number of sulfonamides is 1. The van der Waals surface area contributed by atoms with E-state index in [1.165, 1.54) is 0 Å². The van der Waals surface area contributed by atoms with Crippen molar-refractivity contribution in [2.45, 2.75) is 58.6 Å². The van der Waals surface area contributed by atoms with Gasteiger partial charge >= 0.3 is 6.09 Å². The van der Waals surface area contributed by atoms with Gasteiger partial charge in [0.2, 0.25) is 0 Å². The number of aryl methyl sites for hydroxylation is 3. The van der Waals surface area contributed by atoms with Crippen LogP contribution in [0.1, 0.15) is 43.0 Å². The minimum atomic E-state index is -4.09. The summed E-state index contributed by atoms with van der Waals surface area (Å²) in [5.74, 6) is 0. The van der Waals surface area contributed by atoms with E-state index < -0.39 is 21.7 Å². The number of hydrogen-bond acceptors (Lipinski definition) is 4. The second kappa shape index (κ2) is 7.72. The Kier molecular flexibility index (Phi) is 6.00. The normalized spacial score (nSPS) is 11.9. The molecule has 0 aliphatic rings. The molecule has 0 saturated heterocycles. The summed E-state index contributed by atoms with van der Waals surface area (Å²) >= 11 is 0. The SMILES string of the molecule is Cc1cc(C)c(S(=O)(=O)N(Cc2ccccc2)C(=O)OC(C)(C)C)c(C)c1.